The Bertz CT molecular complexity index is 1140. The maximum Gasteiger partial charge on any atom is 0.272 e. The highest BCUT2D eigenvalue weighted by Crippen LogP contribution is 2.30. The van der Waals surface area contributed by atoms with Crippen molar-refractivity contribution < 1.29 is 9.18 Å². The predicted molar refractivity (Wildman–Crippen MR) is 115 cm³/mol. The topological polar surface area (TPSA) is 64.0 Å². The van der Waals surface area contributed by atoms with E-state index in [4.69, 9.17) is 11.6 Å². The van der Waals surface area contributed by atoms with Crippen molar-refractivity contribution in [1.29, 1.82) is 0 Å². The number of carbonyl (C=O) groups excluding carboxylic acids is 1. The normalized spacial score (nSPS) is 12.6. The van der Waals surface area contributed by atoms with Crippen LogP contribution in [0.1, 0.15) is 5.69 Å². The molecule has 0 bridgehead atoms. The van der Waals surface area contributed by atoms with Crippen LogP contribution in [-0.2, 0) is 11.2 Å². The van der Waals surface area contributed by atoms with Gasteiger partial charge in [0, 0.05) is 17.2 Å². The summed E-state index contributed by atoms with van der Waals surface area (Å²) in [6.45, 7) is 0. The summed E-state index contributed by atoms with van der Waals surface area (Å²) in [6.07, 6.45) is 0.714. The molecule has 29 heavy (non-hydrogen) atoms. The Morgan fingerprint density at radius 3 is 2.76 bits per heavy atom. The minimum absolute atomic E-state index is 0.0136. The highest BCUT2D eigenvalue weighted by atomic mass is 35.5. The van der Waals surface area contributed by atoms with E-state index < -0.39 is 5.82 Å². The molecule has 4 rings (SSSR count). The zero-order valence-electron chi connectivity index (χ0n) is 15.0. The van der Waals surface area contributed by atoms with Crippen molar-refractivity contribution in [2.45, 2.75) is 16.5 Å². The van der Waals surface area contributed by atoms with Gasteiger partial charge in [-0.15, -0.1) is 11.8 Å². The van der Waals surface area contributed by atoms with Gasteiger partial charge in [-0.3, -0.25) is 14.2 Å². The molecular formula is C20H15ClFN3O2S2. The molecule has 2 heterocycles. The average Bonchev–Trinajstić information content (AvgIpc) is 3.18. The van der Waals surface area contributed by atoms with Gasteiger partial charge in [0.15, 0.2) is 5.16 Å². The van der Waals surface area contributed by atoms with Crippen molar-refractivity contribution in [2.24, 2.45) is 0 Å². The van der Waals surface area contributed by atoms with Crippen LogP contribution in [0, 0.1) is 5.82 Å². The molecule has 3 aromatic rings. The number of nitrogens with one attached hydrogen (secondary N) is 1. The number of anilines is 1. The summed E-state index contributed by atoms with van der Waals surface area (Å²) in [7, 11) is 0. The van der Waals surface area contributed by atoms with E-state index in [1.54, 1.807) is 36.4 Å². The number of aromatic nitrogens is 2. The van der Waals surface area contributed by atoms with Gasteiger partial charge in [0.1, 0.15) is 5.82 Å². The molecule has 0 atom stereocenters. The third-order valence-corrected chi connectivity index (χ3v) is 6.53. The fourth-order valence-corrected chi connectivity index (χ4v) is 4.87. The van der Waals surface area contributed by atoms with Crippen LogP contribution in [0.25, 0.3) is 5.69 Å². The number of amides is 1. The first-order valence-corrected chi connectivity index (χ1v) is 11.1. The summed E-state index contributed by atoms with van der Waals surface area (Å²) in [6, 6.07) is 12.8. The van der Waals surface area contributed by atoms with Crippen LogP contribution in [-0.4, -0.2) is 27.0 Å². The number of thioether (sulfide) groups is 2. The van der Waals surface area contributed by atoms with Crippen LogP contribution >= 0.6 is 35.1 Å². The molecule has 0 saturated heterocycles. The van der Waals surface area contributed by atoms with Crippen LogP contribution < -0.4 is 10.9 Å². The highest BCUT2D eigenvalue weighted by Gasteiger charge is 2.23. The summed E-state index contributed by atoms with van der Waals surface area (Å²) in [5, 5.41) is 3.52. The molecule has 1 aliphatic heterocycles. The van der Waals surface area contributed by atoms with Crippen molar-refractivity contribution in [2.75, 3.05) is 16.8 Å². The molecule has 1 amide bonds. The zero-order chi connectivity index (χ0) is 20.4. The van der Waals surface area contributed by atoms with E-state index >= 15 is 0 Å². The largest absolute Gasteiger partial charge is 0.323 e. The average molecular weight is 448 g/mol. The molecule has 1 aliphatic rings. The van der Waals surface area contributed by atoms with Gasteiger partial charge in [0.05, 0.1) is 27.7 Å². The second-order valence-electron chi connectivity index (χ2n) is 6.20. The third-order valence-electron chi connectivity index (χ3n) is 4.23. The summed E-state index contributed by atoms with van der Waals surface area (Å²) >= 11 is 8.59. The minimum Gasteiger partial charge on any atom is -0.323 e. The maximum absolute atomic E-state index is 13.7. The van der Waals surface area contributed by atoms with Crippen molar-refractivity contribution in [3.05, 3.63) is 75.4 Å². The van der Waals surface area contributed by atoms with Crippen molar-refractivity contribution in [3.8, 4) is 5.69 Å². The van der Waals surface area contributed by atoms with Gasteiger partial charge in [-0.05, 0) is 36.4 Å². The highest BCUT2D eigenvalue weighted by molar-refractivity contribution is 8.00. The van der Waals surface area contributed by atoms with Gasteiger partial charge in [-0.2, -0.15) is 0 Å². The number of halogens is 2. The quantitative estimate of drug-likeness (QED) is 0.464. The van der Waals surface area contributed by atoms with Crippen molar-refractivity contribution >= 4 is 46.7 Å². The lowest BCUT2D eigenvalue weighted by Gasteiger charge is -2.14. The van der Waals surface area contributed by atoms with Crippen LogP contribution in [0.4, 0.5) is 10.1 Å². The number of fused-ring (bicyclic) bond motifs is 1. The smallest absolute Gasteiger partial charge is 0.272 e. The van der Waals surface area contributed by atoms with Crippen molar-refractivity contribution in [1.82, 2.24) is 9.55 Å². The number of hydrogen-bond donors (Lipinski definition) is 1. The number of para-hydroxylation sites is 1. The Kier molecular flexibility index (Phi) is 5.94. The predicted octanol–water partition coefficient (Wildman–Crippen LogP) is 4.40. The molecule has 0 fully saturated rings. The molecule has 1 N–H and O–H groups in total. The number of hydrogen-bond acceptors (Lipinski definition) is 5. The van der Waals surface area contributed by atoms with Crippen LogP contribution in [0.2, 0.25) is 5.02 Å². The number of nitrogens with zero attached hydrogens (tertiary/aromatic N) is 2. The van der Waals surface area contributed by atoms with Gasteiger partial charge >= 0.3 is 0 Å². The SMILES string of the molecule is O=C(CSc1nc2c(c(=O)n1-c1ccc(Cl)cc1)SCC2)Nc1ccccc1F. The van der Waals surface area contributed by atoms with Crippen LogP contribution in [0.15, 0.2) is 63.4 Å². The van der Waals surface area contributed by atoms with E-state index in [2.05, 4.69) is 10.3 Å². The molecule has 0 unspecified atom stereocenters. The molecule has 5 nitrogen and oxygen atoms in total. The third kappa shape index (κ3) is 4.34. The molecule has 9 heteroatoms. The zero-order valence-corrected chi connectivity index (χ0v) is 17.4. The molecular weight excluding hydrogens is 433 g/mol. The first-order chi connectivity index (χ1) is 14.0. The molecule has 148 valence electrons. The molecule has 0 saturated carbocycles. The fraction of sp³-hybridized carbons (Fsp3) is 0.150. The fourth-order valence-electron chi connectivity index (χ4n) is 2.89. The summed E-state index contributed by atoms with van der Waals surface area (Å²) in [5.41, 5.74) is 1.34. The van der Waals surface area contributed by atoms with E-state index in [1.807, 2.05) is 0 Å². The standard InChI is InChI=1S/C20H15ClFN3O2S2/c21-12-5-7-13(8-6-12)25-19(27)18-16(9-10-28-18)24-20(25)29-11-17(26)23-15-4-2-1-3-14(15)22/h1-8H,9-11H2,(H,23,26). The van der Waals surface area contributed by atoms with Gasteiger partial charge < -0.3 is 5.32 Å². The molecule has 0 radical (unpaired) electrons. The van der Waals surface area contributed by atoms with Gasteiger partial charge in [0.2, 0.25) is 5.91 Å². The second-order valence-corrected chi connectivity index (χ2v) is 8.69. The molecule has 2 aromatic carbocycles. The molecule has 0 aliphatic carbocycles. The second kappa shape index (κ2) is 8.61. The number of aryl methyl sites for hydroxylation is 1. The first kappa shape index (κ1) is 20.0. The van der Waals surface area contributed by atoms with Gasteiger partial charge in [0.25, 0.3) is 5.56 Å². The number of rotatable bonds is 5. The van der Waals surface area contributed by atoms with Gasteiger partial charge in [-0.1, -0.05) is 35.5 Å². The lowest BCUT2D eigenvalue weighted by atomic mass is 10.3. The van der Waals surface area contributed by atoms with E-state index in [0.717, 1.165) is 23.2 Å². The Labute approximate surface area is 179 Å². The van der Waals surface area contributed by atoms with Crippen LogP contribution in [0.5, 0.6) is 0 Å². The first-order valence-electron chi connectivity index (χ1n) is 8.75. The Balaban J connectivity index is 1.62. The van der Waals surface area contributed by atoms with E-state index in [1.165, 1.54) is 28.5 Å². The van der Waals surface area contributed by atoms with E-state index in [0.29, 0.717) is 27.2 Å². The maximum atomic E-state index is 13.7. The number of carbonyl (C=O) groups is 1. The number of benzene rings is 2. The van der Waals surface area contributed by atoms with Crippen LogP contribution in [0.3, 0.4) is 0 Å². The monoisotopic (exact) mass is 447 g/mol. The van der Waals surface area contributed by atoms with E-state index in [9.17, 15) is 14.0 Å². The summed E-state index contributed by atoms with van der Waals surface area (Å²) in [4.78, 5) is 30.6. The lowest BCUT2D eigenvalue weighted by Crippen LogP contribution is -2.24. The summed E-state index contributed by atoms with van der Waals surface area (Å²) < 4.78 is 15.2. The van der Waals surface area contributed by atoms with E-state index in [-0.39, 0.29) is 22.9 Å². The van der Waals surface area contributed by atoms with Crippen molar-refractivity contribution in [3.63, 3.8) is 0 Å². The Morgan fingerprint density at radius 2 is 2.00 bits per heavy atom. The minimum atomic E-state index is -0.503. The molecule has 1 aromatic heterocycles. The Hall–Kier alpha value is -2.29. The summed E-state index contributed by atoms with van der Waals surface area (Å²) in [5.74, 6) is -0.0936. The Morgan fingerprint density at radius 1 is 1.24 bits per heavy atom. The van der Waals surface area contributed by atoms with Gasteiger partial charge in [-0.25, -0.2) is 9.37 Å². The lowest BCUT2D eigenvalue weighted by molar-refractivity contribution is -0.113. The molecule has 0 spiro atoms.